The number of amides is 1. The number of thiazole rings is 1. The van der Waals surface area contributed by atoms with Crippen molar-refractivity contribution in [3.63, 3.8) is 0 Å². The molecule has 1 aliphatic heterocycles. The highest BCUT2D eigenvalue weighted by Gasteiger charge is 2.51. The Hall–Kier alpha value is -4.56. The van der Waals surface area contributed by atoms with Crippen molar-refractivity contribution in [1.29, 1.82) is 0 Å². The number of benzene rings is 4. The predicted octanol–water partition coefficient (Wildman–Crippen LogP) is 6.72. The second-order valence-corrected chi connectivity index (χ2v) is 9.92. The van der Waals surface area contributed by atoms with E-state index < -0.39 is 17.1 Å². The maximum absolute atomic E-state index is 13.3. The van der Waals surface area contributed by atoms with E-state index >= 15 is 0 Å². The molecule has 5 aromatic rings. The highest BCUT2D eigenvalue weighted by Crippen LogP contribution is 2.42. The number of aromatic nitrogens is 1. The van der Waals surface area contributed by atoms with Gasteiger partial charge in [-0.2, -0.15) is 0 Å². The summed E-state index contributed by atoms with van der Waals surface area (Å²) < 4.78 is 7.32. The minimum Gasteiger partial charge on any atom is -0.478 e. The summed E-state index contributed by atoms with van der Waals surface area (Å²) in [5.74, 6) is 0.404. The number of β-lactam (4-membered cyclic amide) rings is 1. The minimum atomic E-state index is -0.754. The summed E-state index contributed by atoms with van der Waals surface area (Å²) in [6.45, 7) is 1.99. The number of hydrogen-bond donors (Lipinski definition) is 0. The number of carbonyl (C=O) groups excluding carboxylic acids is 1. The number of non-ortho nitro benzene ring substituents is 1. The molecule has 0 unspecified atom stereocenters. The molecule has 0 bridgehead atoms. The number of rotatable bonds is 6. The third-order valence-electron chi connectivity index (χ3n) is 6.46. The SMILES string of the molecule is Cc1ccc(N2C(=O)[C@H](Oc3ccc(-c4nc5ccccc5s4)cc3)[C@@H]2c2ccc([N+](=O)[O-])cc2)cc1. The largest absolute Gasteiger partial charge is 0.478 e. The van der Waals surface area contributed by atoms with Crippen LogP contribution in [0.15, 0.2) is 97.1 Å². The molecule has 0 saturated carbocycles. The third kappa shape index (κ3) is 4.21. The molecule has 4 aromatic carbocycles. The van der Waals surface area contributed by atoms with Gasteiger partial charge in [-0.1, -0.05) is 29.8 Å². The first-order chi connectivity index (χ1) is 18.0. The van der Waals surface area contributed by atoms with Crippen molar-refractivity contribution >= 4 is 38.8 Å². The van der Waals surface area contributed by atoms with Gasteiger partial charge >= 0.3 is 0 Å². The van der Waals surface area contributed by atoms with E-state index in [0.29, 0.717) is 5.75 Å². The first kappa shape index (κ1) is 22.9. The number of anilines is 1. The normalized spacial score (nSPS) is 17.0. The van der Waals surface area contributed by atoms with Crippen LogP contribution in [-0.4, -0.2) is 21.9 Å². The lowest BCUT2D eigenvalue weighted by Crippen LogP contribution is -2.61. The van der Waals surface area contributed by atoms with Gasteiger partial charge in [0.25, 0.3) is 11.6 Å². The maximum Gasteiger partial charge on any atom is 0.271 e. The van der Waals surface area contributed by atoms with Gasteiger partial charge in [-0.15, -0.1) is 11.3 Å². The number of nitro benzene ring substituents is 1. The molecule has 1 aromatic heterocycles. The first-order valence-corrected chi connectivity index (χ1v) is 12.6. The molecule has 182 valence electrons. The predicted molar refractivity (Wildman–Crippen MR) is 144 cm³/mol. The lowest BCUT2D eigenvalue weighted by atomic mass is 9.89. The zero-order chi connectivity index (χ0) is 25.5. The lowest BCUT2D eigenvalue weighted by molar-refractivity contribution is -0.384. The summed E-state index contributed by atoms with van der Waals surface area (Å²) in [6.07, 6.45) is -0.754. The van der Waals surface area contributed by atoms with Gasteiger partial charge in [-0.05, 0) is 73.2 Å². The van der Waals surface area contributed by atoms with E-state index in [1.165, 1.54) is 12.1 Å². The van der Waals surface area contributed by atoms with E-state index in [9.17, 15) is 14.9 Å². The monoisotopic (exact) mass is 507 g/mol. The molecular formula is C29H21N3O4S. The Labute approximate surface area is 216 Å². The van der Waals surface area contributed by atoms with Gasteiger partial charge < -0.3 is 4.74 Å². The molecule has 1 amide bonds. The highest BCUT2D eigenvalue weighted by molar-refractivity contribution is 7.21. The van der Waals surface area contributed by atoms with Crippen LogP contribution in [0.2, 0.25) is 0 Å². The Balaban J connectivity index is 1.28. The van der Waals surface area contributed by atoms with Gasteiger partial charge in [0.1, 0.15) is 16.8 Å². The smallest absolute Gasteiger partial charge is 0.271 e. The van der Waals surface area contributed by atoms with Crippen molar-refractivity contribution in [3.05, 3.63) is 118 Å². The van der Waals surface area contributed by atoms with E-state index in [1.54, 1.807) is 28.4 Å². The molecular weight excluding hydrogens is 486 g/mol. The van der Waals surface area contributed by atoms with Gasteiger partial charge in [-0.3, -0.25) is 19.8 Å². The number of hydrogen-bond acceptors (Lipinski definition) is 6. The Morgan fingerprint density at radius 1 is 0.919 bits per heavy atom. The van der Waals surface area contributed by atoms with Crippen LogP contribution in [0, 0.1) is 17.0 Å². The fraction of sp³-hybridized carbons (Fsp3) is 0.103. The van der Waals surface area contributed by atoms with Crippen molar-refractivity contribution in [3.8, 4) is 16.3 Å². The number of fused-ring (bicyclic) bond motifs is 1. The summed E-state index contributed by atoms with van der Waals surface area (Å²) in [4.78, 5) is 30.4. The summed E-state index contributed by atoms with van der Waals surface area (Å²) in [5.41, 5.74) is 4.54. The Kier molecular flexibility index (Phi) is 5.65. The summed E-state index contributed by atoms with van der Waals surface area (Å²) in [6, 6.07) is 29.1. The molecule has 8 heteroatoms. The molecule has 0 radical (unpaired) electrons. The molecule has 6 rings (SSSR count). The molecule has 0 aliphatic carbocycles. The fourth-order valence-corrected chi connectivity index (χ4v) is 5.48. The van der Waals surface area contributed by atoms with Gasteiger partial charge in [0, 0.05) is 23.4 Å². The van der Waals surface area contributed by atoms with Crippen LogP contribution in [0.25, 0.3) is 20.8 Å². The quantitative estimate of drug-likeness (QED) is 0.145. The molecule has 0 N–H and O–H groups in total. The van der Waals surface area contributed by atoms with E-state index in [-0.39, 0.29) is 11.6 Å². The van der Waals surface area contributed by atoms with Crippen LogP contribution in [0.4, 0.5) is 11.4 Å². The maximum atomic E-state index is 13.3. The van der Waals surface area contributed by atoms with Crippen LogP contribution < -0.4 is 9.64 Å². The van der Waals surface area contributed by atoms with Crippen LogP contribution in [-0.2, 0) is 4.79 Å². The zero-order valence-corrected chi connectivity index (χ0v) is 20.6. The Morgan fingerprint density at radius 2 is 1.62 bits per heavy atom. The molecule has 1 aliphatic rings. The number of ether oxygens (including phenoxy) is 1. The van der Waals surface area contributed by atoms with Crippen molar-refractivity contribution in [2.45, 2.75) is 19.1 Å². The second-order valence-electron chi connectivity index (χ2n) is 8.89. The number of carbonyl (C=O) groups is 1. The van der Waals surface area contributed by atoms with Crippen LogP contribution in [0.1, 0.15) is 17.2 Å². The van der Waals surface area contributed by atoms with E-state index in [0.717, 1.165) is 37.6 Å². The molecule has 7 nitrogen and oxygen atoms in total. The van der Waals surface area contributed by atoms with Crippen molar-refractivity contribution < 1.29 is 14.5 Å². The third-order valence-corrected chi connectivity index (χ3v) is 7.55. The van der Waals surface area contributed by atoms with Crippen molar-refractivity contribution in [2.24, 2.45) is 0 Å². The number of aryl methyl sites for hydroxylation is 1. The van der Waals surface area contributed by atoms with Gasteiger partial charge in [-0.25, -0.2) is 4.98 Å². The van der Waals surface area contributed by atoms with Gasteiger partial charge in [0.2, 0.25) is 6.10 Å². The number of nitrogens with zero attached hydrogens (tertiary/aromatic N) is 3. The number of nitro groups is 1. The summed E-state index contributed by atoms with van der Waals surface area (Å²) in [5, 5.41) is 12.1. The van der Waals surface area contributed by atoms with E-state index in [4.69, 9.17) is 9.72 Å². The van der Waals surface area contributed by atoms with Crippen molar-refractivity contribution in [1.82, 2.24) is 4.98 Å². The lowest BCUT2D eigenvalue weighted by Gasteiger charge is -2.46. The van der Waals surface area contributed by atoms with Crippen LogP contribution >= 0.6 is 11.3 Å². The fourth-order valence-electron chi connectivity index (χ4n) is 4.51. The first-order valence-electron chi connectivity index (χ1n) is 11.7. The molecule has 37 heavy (non-hydrogen) atoms. The Bertz CT molecular complexity index is 1580. The summed E-state index contributed by atoms with van der Waals surface area (Å²) >= 11 is 1.63. The Morgan fingerprint density at radius 3 is 2.30 bits per heavy atom. The molecule has 0 spiro atoms. The highest BCUT2D eigenvalue weighted by atomic mass is 32.1. The van der Waals surface area contributed by atoms with Crippen LogP contribution in [0.5, 0.6) is 5.75 Å². The van der Waals surface area contributed by atoms with E-state index in [2.05, 4.69) is 0 Å². The van der Waals surface area contributed by atoms with E-state index in [1.807, 2.05) is 79.7 Å². The molecule has 2 heterocycles. The second kappa shape index (κ2) is 9.15. The topological polar surface area (TPSA) is 85.6 Å². The molecule has 1 fully saturated rings. The van der Waals surface area contributed by atoms with Crippen molar-refractivity contribution in [2.75, 3.05) is 4.90 Å². The standard InChI is InChI=1S/C29H21N3O4S/c1-18-6-12-21(13-7-18)31-26(19-8-14-22(15-9-19)32(34)35)27(29(31)33)36-23-16-10-20(11-17-23)28-30-24-4-2-3-5-25(24)37-28/h2-17,26-27H,1H3/t26-,27+/m0/s1. The summed E-state index contributed by atoms with van der Waals surface area (Å²) in [7, 11) is 0. The van der Waals surface area contributed by atoms with Gasteiger partial charge in [0.15, 0.2) is 0 Å². The minimum absolute atomic E-state index is 0.000749. The molecule has 1 saturated heterocycles. The molecule has 2 atom stereocenters. The van der Waals surface area contributed by atoms with Gasteiger partial charge in [0.05, 0.1) is 15.1 Å². The zero-order valence-electron chi connectivity index (χ0n) is 19.8. The number of para-hydroxylation sites is 1. The van der Waals surface area contributed by atoms with Crippen LogP contribution in [0.3, 0.4) is 0 Å². The average Bonchev–Trinajstić information content (AvgIpc) is 3.36. The average molecular weight is 508 g/mol.